The molecule has 1 aromatic carbocycles. The molecule has 0 saturated heterocycles. The van der Waals surface area contributed by atoms with Gasteiger partial charge in [0.2, 0.25) is 0 Å². The number of hydrogen-bond acceptors (Lipinski definition) is 2. The average Bonchev–Trinajstić information content (AvgIpc) is 2.61. The maximum absolute atomic E-state index is 9.63. The van der Waals surface area contributed by atoms with Crippen LogP contribution in [0, 0.1) is 11.3 Å². The number of likely N-dealkylation sites (N-methyl/N-ethyl adjacent to an activating group) is 1. The number of quaternary nitrogens is 1. The molecule has 0 spiro atoms. The fourth-order valence-electron chi connectivity index (χ4n) is 6.82. The normalized spacial score (nSPS) is 30.2. The van der Waals surface area contributed by atoms with E-state index in [4.69, 9.17) is 0 Å². The van der Waals surface area contributed by atoms with Crippen LogP contribution in [0.3, 0.4) is 0 Å². The van der Waals surface area contributed by atoms with E-state index in [0.717, 1.165) is 24.1 Å². The van der Waals surface area contributed by atoms with Gasteiger partial charge in [0.15, 0.2) is 0 Å². The van der Waals surface area contributed by atoms with Crippen molar-refractivity contribution in [3.63, 3.8) is 0 Å². The Kier molecular flexibility index (Phi) is 6.29. The van der Waals surface area contributed by atoms with Gasteiger partial charge in [0.05, 0.1) is 26.8 Å². The predicted molar refractivity (Wildman–Crippen MR) is 117 cm³/mol. The Labute approximate surface area is 172 Å². The van der Waals surface area contributed by atoms with Crippen LogP contribution in [0.25, 0.3) is 0 Å². The van der Waals surface area contributed by atoms with Gasteiger partial charge in [-0.05, 0) is 59.6 Å². The first kappa shape index (κ1) is 21.8. The first-order valence-electron chi connectivity index (χ1n) is 11.4. The third-order valence-electron chi connectivity index (χ3n) is 8.19. The zero-order valence-electron chi connectivity index (χ0n) is 18.8. The van der Waals surface area contributed by atoms with Crippen LogP contribution in [0.4, 0.5) is 0 Å². The number of aliphatic hydroxyl groups is 2. The lowest BCUT2D eigenvalue weighted by atomic mass is 9.49. The molecule has 2 N–H and O–H groups in total. The molecule has 0 bridgehead atoms. The summed E-state index contributed by atoms with van der Waals surface area (Å²) in [5.74, 6) is 1.25. The zero-order valence-corrected chi connectivity index (χ0v) is 18.8. The molecular formula is C25H42NO2+. The second-order valence-corrected chi connectivity index (χ2v) is 10.8. The van der Waals surface area contributed by atoms with Crippen molar-refractivity contribution >= 4 is 0 Å². The van der Waals surface area contributed by atoms with Crippen LogP contribution in [-0.4, -0.2) is 54.6 Å². The summed E-state index contributed by atoms with van der Waals surface area (Å²) in [6.45, 7) is 12.5. The molecule has 0 aromatic heterocycles. The minimum atomic E-state index is 0.190. The Morgan fingerprint density at radius 3 is 2.39 bits per heavy atom. The lowest BCUT2D eigenvalue weighted by Crippen LogP contribution is -2.59. The van der Waals surface area contributed by atoms with Gasteiger partial charge in [0.1, 0.15) is 13.1 Å². The van der Waals surface area contributed by atoms with Crippen LogP contribution in [0.2, 0.25) is 0 Å². The van der Waals surface area contributed by atoms with E-state index in [-0.39, 0.29) is 24.0 Å². The van der Waals surface area contributed by atoms with Crippen molar-refractivity contribution < 1.29 is 14.7 Å². The minimum Gasteiger partial charge on any atom is -0.391 e. The Bertz CT molecular complexity index is 679. The second kappa shape index (κ2) is 8.08. The van der Waals surface area contributed by atoms with Gasteiger partial charge in [-0.25, -0.2) is 0 Å². The van der Waals surface area contributed by atoms with Crippen LogP contribution in [-0.2, 0) is 11.8 Å². The zero-order chi connectivity index (χ0) is 20.6. The number of aryl methyl sites for hydroxylation is 1. The summed E-state index contributed by atoms with van der Waals surface area (Å²) in [5.41, 5.74) is 5.14. The predicted octanol–water partition coefficient (Wildman–Crippen LogP) is 4.25. The molecule has 0 unspecified atom stereocenters. The minimum absolute atomic E-state index is 0.190. The maximum Gasteiger partial charge on any atom is 0.102 e. The molecule has 1 saturated carbocycles. The lowest BCUT2D eigenvalue weighted by Gasteiger charge is -2.57. The summed E-state index contributed by atoms with van der Waals surface area (Å²) in [5, 5.41) is 19.3. The average molecular weight is 389 g/mol. The highest BCUT2D eigenvalue weighted by Gasteiger charge is 2.54. The lowest BCUT2D eigenvalue weighted by molar-refractivity contribution is -0.917. The highest BCUT2D eigenvalue weighted by Crippen LogP contribution is 2.57. The topological polar surface area (TPSA) is 40.5 Å². The van der Waals surface area contributed by atoms with Crippen molar-refractivity contribution in [2.75, 3.05) is 39.9 Å². The molecule has 1 fully saturated rings. The van der Waals surface area contributed by atoms with Crippen molar-refractivity contribution in [2.24, 2.45) is 11.3 Å². The van der Waals surface area contributed by atoms with E-state index in [0.29, 0.717) is 11.8 Å². The molecule has 158 valence electrons. The van der Waals surface area contributed by atoms with E-state index < -0.39 is 0 Å². The van der Waals surface area contributed by atoms with Crippen molar-refractivity contribution in [2.45, 2.75) is 71.1 Å². The number of hydrogen-bond donors (Lipinski definition) is 2. The van der Waals surface area contributed by atoms with Crippen molar-refractivity contribution in [1.82, 2.24) is 0 Å². The van der Waals surface area contributed by atoms with Crippen LogP contribution in [0.15, 0.2) is 18.2 Å². The van der Waals surface area contributed by atoms with Gasteiger partial charge in [-0.3, -0.25) is 0 Å². The molecule has 0 amide bonds. The smallest absolute Gasteiger partial charge is 0.102 e. The van der Waals surface area contributed by atoms with Gasteiger partial charge < -0.3 is 14.7 Å². The third kappa shape index (κ3) is 3.91. The number of aliphatic hydroxyl groups excluding tert-OH is 2. The molecular weight excluding hydrogens is 346 g/mol. The van der Waals surface area contributed by atoms with Crippen LogP contribution in [0.1, 0.15) is 76.0 Å². The standard InChI is InChI=1S/C25H42NO2/c1-19(2)20-7-9-22-21(17-20)8-10-23-24(3,11-6-12-25(22,23)4)18-26(5,13-15-27)14-16-28/h7,9,17,19,23,27-28H,6,8,10-16,18H2,1-5H3/q+1/t23-,24-,25+/m0/s1. The number of nitrogens with zero attached hydrogens (tertiary/aromatic N) is 1. The van der Waals surface area contributed by atoms with Gasteiger partial charge in [-0.15, -0.1) is 0 Å². The van der Waals surface area contributed by atoms with E-state index >= 15 is 0 Å². The van der Waals surface area contributed by atoms with E-state index in [1.165, 1.54) is 37.7 Å². The molecule has 2 aliphatic carbocycles. The van der Waals surface area contributed by atoms with E-state index in [1.54, 1.807) is 11.1 Å². The molecule has 0 aliphatic heterocycles. The first-order chi connectivity index (χ1) is 13.2. The fraction of sp³-hybridized carbons (Fsp3) is 0.760. The molecule has 2 aliphatic rings. The first-order valence-corrected chi connectivity index (χ1v) is 11.4. The molecule has 3 atom stereocenters. The summed E-state index contributed by atoms with van der Waals surface area (Å²) < 4.78 is 0.773. The van der Waals surface area contributed by atoms with Gasteiger partial charge in [0.25, 0.3) is 0 Å². The van der Waals surface area contributed by atoms with Crippen molar-refractivity contribution in [3.8, 4) is 0 Å². The van der Waals surface area contributed by atoms with Gasteiger partial charge in [0, 0.05) is 5.41 Å². The molecule has 0 radical (unpaired) electrons. The summed E-state index contributed by atoms with van der Waals surface area (Å²) >= 11 is 0. The van der Waals surface area contributed by atoms with Crippen molar-refractivity contribution in [3.05, 3.63) is 34.9 Å². The summed E-state index contributed by atoms with van der Waals surface area (Å²) in [4.78, 5) is 0. The molecule has 1 aromatic rings. The van der Waals surface area contributed by atoms with Gasteiger partial charge in [-0.2, -0.15) is 0 Å². The third-order valence-corrected chi connectivity index (χ3v) is 8.19. The largest absolute Gasteiger partial charge is 0.391 e. The molecule has 3 nitrogen and oxygen atoms in total. The number of benzene rings is 1. The Balaban J connectivity index is 1.94. The van der Waals surface area contributed by atoms with E-state index in [2.05, 4.69) is 52.9 Å². The second-order valence-electron chi connectivity index (χ2n) is 10.8. The number of rotatable bonds is 7. The summed E-state index contributed by atoms with van der Waals surface area (Å²) in [7, 11) is 2.22. The molecule has 0 heterocycles. The Morgan fingerprint density at radius 1 is 1.11 bits per heavy atom. The molecule has 28 heavy (non-hydrogen) atoms. The summed E-state index contributed by atoms with van der Waals surface area (Å²) in [6, 6.07) is 7.28. The van der Waals surface area contributed by atoms with Crippen molar-refractivity contribution in [1.29, 1.82) is 0 Å². The van der Waals surface area contributed by atoms with E-state index in [9.17, 15) is 10.2 Å². The SMILES string of the molecule is CC(C)c1ccc2c(c1)CC[C@H]1[C@](C)(C[N+](C)(CCO)CCO)CCC[C@]21C. The highest BCUT2D eigenvalue weighted by molar-refractivity contribution is 5.42. The Hall–Kier alpha value is -0.900. The van der Waals surface area contributed by atoms with Crippen LogP contribution >= 0.6 is 0 Å². The van der Waals surface area contributed by atoms with Gasteiger partial charge >= 0.3 is 0 Å². The fourth-order valence-corrected chi connectivity index (χ4v) is 6.82. The maximum atomic E-state index is 9.63. The van der Waals surface area contributed by atoms with Crippen LogP contribution in [0.5, 0.6) is 0 Å². The quantitative estimate of drug-likeness (QED) is 0.686. The molecule has 3 rings (SSSR count). The molecule has 3 heteroatoms. The number of fused-ring (bicyclic) bond motifs is 3. The van der Waals surface area contributed by atoms with Gasteiger partial charge in [-0.1, -0.05) is 52.3 Å². The highest BCUT2D eigenvalue weighted by atomic mass is 16.3. The summed E-state index contributed by atoms with van der Waals surface area (Å²) in [6.07, 6.45) is 6.27. The van der Waals surface area contributed by atoms with Crippen LogP contribution < -0.4 is 0 Å². The monoisotopic (exact) mass is 388 g/mol. The Morgan fingerprint density at radius 2 is 1.79 bits per heavy atom. The van der Waals surface area contributed by atoms with E-state index in [1.807, 2.05) is 0 Å².